The molecule has 88 valence electrons. The number of H-pyrrole nitrogens is 1. The molecule has 0 saturated heterocycles. The Morgan fingerprint density at radius 2 is 2.29 bits per heavy atom. The summed E-state index contributed by atoms with van der Waals surface area (Å²) < 4.78 is 0.776. The molecule has 2 N–H and O–H groups in total. The van der Waals surface area contributed by atoms with Gasteiger partial charge in [-0.3, -0.25) is 15.2 Å². The lowest BCUT2D eigenvalue weighted by Crippen LogP contribution is -2.13. The first-order valence-corrected chi connectivity index (χ1v) is 5.89. The number of halogens is 2. The highest BCUT2D eigenvalue weighted by molar-refractivity contribution is 9.10. The molecule has 1 aromatic heterocycles. The van der Waals surface area contributed by atoms with Crippen LogP contribution in [0.4, 0.5) is 5.95 Å². The number of nitrogens with zero attached hydrogens (tertiary/aromatic N) is 2. The van der Waals surface area contributed by atoms with Crippen molar-refractivity contribution in [2.45, 2.75) is 6.92 Å². The standard InChI is InChI=1S/C10H8BrClN4O/c1-5-13-10(16-15-5)14-9(17)7-4-6(11)2-3-8(7)12/h2-4H,1H3,(H2,13,14,15,16,17). The first-order valence-electron chi connectivity index (χ1n) is 4.71. The molecule has 1 amide bonds. The Kier molecular flexibility index (Phi) is 3.44. The van der Waals surface area contributed by atoms with E-state index in [0.29, 0.717) is 16.4 Å². The lowest BCUT2D eigenvalue weighted by molar-refractivity contribution is 0.102. The fourth-order valence-corrected chi connectivity index (χ4v) is 1.80. The van der Waals surface area contributed by atoms with Gasteiger partial charge < -0.3 is 0 Å². The van der Waals surface area contributed by atoms with Crippen LogP contribution in [0, 0.1) is 6.92 Å². The van der Waals surface area contributed by atoms with Crippen molar-refractivity contribution in [2.75, 3.05) is 5.32 Å². The van der Waals surface area contributed by atoms with E-state index in [1.165, 1.54) is 0 Å². The van der Waals surface area contributed by atoms with Gasteiger partial charge in [-0.2, -0.15) is 4.98 Å². The van der Waals surface area contributed by atoms with Gasteiger partial charge in [0.2, 0.25) is 5.95 Å². The van der Waals surface area contributed by atoms with E-state index in [4.69, 9.17) is 11.6 Å². The molecule has 0 radical (unpaired) electrons. The minimum atomic E-state index is -0.352. The maximum absolute atomic E-state index is 11.9. The summed E-state index contributed by atoms with van der Waals surface area (Å²) in [5.41, 5.74) is 0.364. The van der Waals surface area contributed by atoms with E-state index in [2.05, 4.69) is 36.4 Å². The van der Waals surface area contributed by atoms with Gasteiger partial charge in [-0.15, -0.1) is 5.10 Å². The molecule has 0 fully saturated rings. The molecular formula is C10H8BrClN4O. The minimum absolute atomic E-state index is 0.226. The van der Waals surface area contributed by atoms with Crippen molar-refractivity contribution in [2.24, 2.45) is 0 Å². The van der Waals surface area contributed by atoms with Gasteiger partial charge in [0.1, 0.15) is 5.82 Å². The zero-order valence-corrected chi connectivity index (χ0v) is 11.1. The topological polar surface area (TPSA) is 70.7 Å². The molecular weight excluding hydrogens is 307 g/mol. The van der Waals surface area contributed by atoms with Gasteiger partial charge in [-0.1, -0.05) is 27.5 Å². The summed E-state index contributed by atoms with van der Waals surface area (Å²) in [6, 6.07) is 5.04. The average Bonchev–Trinajstić information content (AvgIpc) is 2.67. The van der Waals surface area contributed by atoms with Crippen molar-refractivity contribution >= 4 is 39.4 Å². The van der Waals surface area contributed by atoms with Crippen LogP contribution in [0.5, 0.6) is 0 Å². The molecule has 7 heteroatoms. The number of benzene rings is 1. The second-order valence-electron chi connectivity index (χ2n) is 3.32. The second kappa shape index (κ2) is 4.85. The molecule has 5 nitrogen and oxygen atoms in total. The number of hydrogen-bond donors (Lipinski definition) is 2. The first kappa shape index (κ1) is 12.1. The Balaban J connectivity index is 2.22. The maximum atomic E-state index is 11.9. The number of nitrogens with one attached hydrogen (secondary N) is 2. The van der Waals surface area contributed by atoms with Crippen molar-refractivity contribution in [3.63, 3.8) is 0 Å². The highest BCUT2D eigenvalue weighted by Crippen LogP contribution is 2.21. The summed E-state index contributed by atoms with van der Waals surface area (Å²) >= 11 is 9.21. The Hall–Kier alpha value is -1.40. The predicted molar refractivity (Wildman–Crippen MR) is 68.2 cm³/mol. The van der Waals surface area contributed by atoms with Crippen LogP contribution in [0.25, 0.3) is 0 Å². The number of aromatic nitrogens is 3. The summed E-state index contributed by atoms with van der Waals surface area (Å²) in [4.78, 5) is 15.9. The van der Waals surface area contributed by atoms with Crippen LogP contribution in [-0.2, 0) is 0 Å². The lowest BCUT2D eigenvalue weighted by atomic mass is 10.2. The highest BCUT2D eigenvalue weighted by Gasteiger charge is 2.12. The largest absolute Gasteiger partial charge is 0.289 e. The lowest BCUT2D eigenvalue weighted by Gasteiger charge is -2.03. The maximum Gasteiger partial charge on any atom is 0.259 e. The molecule has 1 aromatic carbocycles. The molecule has 0 aliphatic rings. The van der Waals surface area contributed by atoms with E-state index >= 15 is 0 Å². The van der Waals surface area contributed by atoms with E-state index in [0.717, 1.165) is 4.47 Å². The molecule has 0 saturated carbocycles. The van der Waals surface area contributed by atoms with Gasteiger partial charge in [-0.25, -0.2) is 0 Å². The fraction of sp³-hybridized carbons (Fsp3) is 0.100. The van der Waals surface area contributed by atoms with Gasteiger partial charge in [-0.05, 0) is 25.1 Å². The quantitative estimate of drug-likeness (QED) is 0.895. The van der Waals surface area contributed by atoms with Gasteiger partial charge in [0.05, 0.1) is 10.6 Å². The van der Waals surface area contributed by atoms with Gasteiger partial charge in [0.15, 0.2) is 0 Å². The van der Waals surface area contributed by atoms with Gasteiger partial charge in [0.25, 0.3) is 5.91 Å². The summed E-state index contributed by atoms with van der Waals surface area (Å²) in [7, 11) is 0. The third-order valence-electron chi connectivity index (χ3n) is 2.00. The molecule has 0 aliphatic heterocycles. The van der Waals surface area contributed by atoms with Crippen LogP contribution in [0.1, 0.15) is 16.2 Å². The third kappa shape index (κ3) is 2.83. The van der Waals surface area contributed by atoms with Crippen molar-refractivity contribution in [3.8, 4) is 0 Å². The van der Waals surface area contributed by atoms with Crippen molar-refractivity contribution in [1.29, 1.82) is 0 Å². The molecule has 2 rings (SSSR count). The van der Waals surface area contributed by atoms with Crippen molar-refractivity contribution < 1.29 is 4.79 Å². The number of hydrogen-bond acceptors (Lipinski definition) is 3. The van der Waals surface area contributed by atoms with E-state index in [9.17, 15) is 4.79 Å². The molecule has 0 unspecified atom stereocenters. The summed E-state index contributed by atoms with van der Waals surface area (Å²) in [6.07, 6.45) is 0. The van der Waals surface area contributed by atoms with E-state index in [1.54, 1.807) is 25.1 Å². The van der Waals surface area contributed by atoms with Crippen LogP contribution in [0.3, 0.4) is 0 Å². The van der Waals surface area contributed by atoms with Crippen LogP contribution >= 0.6 is 27.5 Å². The van der Waals surface area contributed by atoms with Gasteiger partial charge in [0, 0.05) is 4.47 Å². The number of aromatic amines is 1. The zero-order valence-electron chi connectivity index (χ0n) is 8.79. The second-order valence-corrected chi connectivity index (χ2v) is 4.65. The number of aryl methyl sites for hydroxylation is 1. The fourth-order valence-electron chi connectivity index (χ4n) is 1.24. The van der Waals surface area contributed by atoms with Crippen LogP contribution in [0.15, 0.2) is 22.7 Å². The number of amides is 1. The predicted octanol–water partition coefficient (Wildman–Crippen LogP) is 2.78. The molecule has 1 heterocycles. The first-order chi connectivity index (χ1) is 8.06. The highest BCUT2D eigenvalue weighted by atomic mass is 79.9. The van der Waals surface area contributed by atoms with E-state index < -0.39 is 0 Å². The number of anilines is 1. The summed E-state index contributed by atoms with van der Waals surface area (Å²) in [5.74, 6) is 0.500. The van der Waals surface area contributed by atoms with E-state index in [1.807, 2.05) is 0 Å². The normalized spacial score (nSPS) is 10.3. The Labute approximate surface area is 111 Å². The average molecular weight is 316 g/mol. The molecule has 0 spiro atoms. The van der Waals surface area contributed by atoms with Crippen molar-refractivity contribution in [3.05, 3.63) is 39.1 Å². The van der Waals surface area contributed by atoms with E-state index in [-0.39, 0.29) is 11.9 Å². The summed E-state index contributed by atoms with van der Waals surface area (Å²) in [5, 5.41) is 9.37. The Bertz CT molecular complexity index is 569. The molecule has 0 bridgehead atoms. The van der Waals surface area contributed by atoms with Crippen LogP contribution in [-0.4, -0.2) is 21.1 Å². The van der Waals surface area contributed by atoms with Crippen molar-refractivity contribution in [1.82, 2.24) is 15.2 Å². The molecule has 0 aliphatic carbocycles. The van der Waals surface area contributed by atoms with Crippen LogP contribution < -0.4 is 5.32 Å². The SMILES string of the molecule is Cc1nc(NC(=O)c2cc(Br)ccc2Cl)n[nH]1. The molecule has 0 atom stereocenters. The Morgan fingerprint density at radius 3 is 2.94 bits per heavy atom. The zero-order chi connectivity index (χ0) is 12.4. The monoisotopic (exact) mass is 314 g/mol. The number of carbonyl (C=O) groups is 1. The summed E-state index contributed by atoms with van der Waals surface area (Å²) in [6.45, 7) is 1.74. The minimum Gasteiger partial charge on any atom is -0.289 e. The number of carbonyl (C=O) groups excluding carboxylic acids is 1. The number of rotatable bonds is 2. The molecule has 2 aromatic rings. The van der Waals surface area contributed by atoms with Gasteiger partial charge >= 0.3 is 0 Å². The third-order valence-corrected chi connectivity index (χ3v) is 2.82. The Morgan fingerprint density at radius 1 is 1.53 bits per heavy atom. The smallest absolute Gasteiger partial charge is 0.259 e. The molecule has 17 heavy (non-hydrogen) atoms. The van der Waals surface area contributed by atoms with Crippen LogP contribution in [0.2, 0.25) is 5.02 Å².